The van der Waals surface area contributed by atoms with Crippen LogP contribution in [0.1, 0.15) is 16.8 Å². The monoisotopic (exact) mass is 177 g/mol. The molecule has 0 saturated heterocycles. The van der Waals surface area contributed by atoms with Crippen molar-refractivity contribution < 1.29 is 4.79 Å². The first-order valence-electron chi connectivity index (χ1n) is 4.17. The van der Waals surface area contributed by atoms with E-state index in [4.69, 9.17) is 5.73 Å². The van der Waals surface area contributed by atoms with Gasteiger partial charge in [0.1, 0.15) is 0 Å². The van der Waals surface area contributed by atoms with Crippen LogP contribution in [0.2, 0.25) is 0 Å². The second-order valence-electron chi connectivity index (χ2n) is 2.70. The van der Waals surface area contributed by atoms with Gasteiger partial charge in [0, 0.05) is 12.2 Å². The fourth-order valence-electron chi connectivity index (χ4n) is 1.00. The second kappa shape index (κ2) is 4.50. The van der Waals surface area contributed by atoms with Crippen molar-refractivity contribution in [2.24, 2.45) is 0 Å². The normalized spacial score (nSPS) is 9.62. The number of amides is 1. The Morgan fingerprint density at radius 1 is 1.46 bits per heavy atom. The van der Waals surface area contributed by atoms with Crippen LogP contribution in [0.3, 0.4) is 0 Å². The quantitative estimate of drug-likeness (QED) is 0.682. The first kappa shape index (κ1) is 9.58. The maximum Gasteiger partial charge on any atom is 0.253 e. The Kier molecular flexibility index (Phi) is 3.31. The minimum Gasteiger partial charge on any atom is -0.398 e. The molecule has 0 fully saturated rings. The summed E-state index contributed by atoms with van der Waals surface area (Å²) in [6.45, 7) is 4.20. The summed E-state index contributed by atoms with van der Waals surface area (Å²) >= 11 is 0. The lowest BCUT2D eigenvalue weighted by Crippen LogP contribution is -2.24. The molecular weight excluding hydrogens is 164 g/mol. The van der Waals surface area contributed by atoms with E-state index in [0.717, 1.165) is 0 Å². The fraction of sp³-hybridized carbons (Fsp3) is 0.200. The number of hydrogen-bond donors (Lipinski definition) is 2. The Morgan fingerprint density at radius 3 is 2.77 bits per heavy atom. The number of nitrogen functional groups attached to an aromatic ring is 1. The highest BCUT2D eigenvalue weighted by Gasteiger charge is 2.06. The van der Waals surface area contributed by atoms with Crippen LogP contribution in [0.4, 0.5) is 5.69 Å². The van der Waals surface area contributed by atoms with Crippen LogP contribution < -0.4 is 11.1 Å². The van der Waals surface area contributed by atoms with E-state index in [2.05, 4.69) is 12.2 Å². The molecule has 0 heterocycles. The molecule has 1 amide bonds. The van der Waals surface area contributed by atoms with Crippen LogP contribution in [0, 0.1) is 6.92 Å². The first-order chi connectivity index (χ1) is 6.25. The lowest BCUT2D eigenvalue weighted by atomic mass is 10.1. The third-order valence-electron chi connectivity index (χ3n) is 1.67. The molecule has 1 rings (SSSR count). The van der Waals surface area contributed by atoms with Gasteiger partial charge >= 0.3 is 0 Å². The average Bonchev–Trinajstić information content (AvgIpc) is 2.15. The van der Waals surface area contributed by atoms with Gasteiger partial charge in [-0.05, 0) is 18.6 Å². The summed E-state index contributed by atoms with van der Waals surface area (Å²) in [5.74, 6) is -0.137. The maximum absolute atomic E-state index is 11.4. The van der Waals surface area contributed by atoms with E-state index >= 15 is 0 Å². The third kappa shape index (κ3) is 2.47. The summed E-state index contributed by atoms with van der Waals surface area (Å²) in [5.41, 5.74) is 6.64. The van der Waals surface area contributed by atoms with E-state index in [1.54, 1.807) is 24.3 Å². The number of nitrogens with two attached hydrogens (primary N) is 1. The van der Waals surface area contributed by atoms with Gasteiger partial charge in [-0.2, -0.15) is 0 Å². The van der Waals surface area contributed by atoms with Gasteiger partial charge in [-0.3, -0.25) is 4.79 Å². The highest BCUT2D eigenvalue weighted by molar-refractivity contribution is 5.98. The Balaban J connectivity index is 2.71. The van der Waals surface area contributed by atoms with Crippen molar-refractivity contribution in [1.82, 2.24) is 5.32 Å². The minimum absolute atomic E-state index is 0.137. The topological polar surface area (TPSA) is 55.1 Å². The van der Waals surface area contributed by atoms with Gasteiger partial charge in [0.05, 0.1) is 5.56 Å². The van der Waals surface area contributed by atoms with Crippen molar-refractivity contribution >= 4 is 11.6 Å². The number of carbonyl (C=O) groups excluding carboxylic acids is 1. The SMILES string of the molecule is [CH2]CCNC(=O)c1ccccc1N. The number of nitrogens with one attached hydrogen (secondary N) is 1. The van der Waals surface area contributed by atoms with Crippen LogP contribution in [0.25, 0.3) is 0 Å². The number of carbonyl (C=O) groups is 1. The van der Waals surface area contributed by atoms with Crippen LogP contribution in [-0.2, 0) is 0 Å². The molecule has 0 saturated carbocycles. The van der Waals surface area contributed by atoms with Crippen molar-refractivity contribution in [2.45, 2.75) is 6.42 Å². The van der Waals surface area contributed by atoms with Crippen molar-refractivity contribution in [3.8, 4) is 0 Å². The number of rotatable bonds is 3. The summed E-state index contributed by atoms with van der Waals surface area (Å²) < 4.78 is 0. The lowest BCUT2D eigenvalue weighted by molar-refractivity contribution is 0.0955. The molecule has 69 valence electrons. The van der Waals surface area contributed by atoms with Gasteiger partial charge in [0.15, 0.2) is 0 Å². The number of para-hydroxylation sites is 1. The fourth-order valence-corrected chi connectivity index (χ4v) is 1.00. The molecule has 0 aliphatic rings. The number of anilines is 1. The third-order valence-corrected chi connectivity index (χ3v) is 1.67. The van der Waals surface area contributed by atoms with Crippen LogP contribution in [0.5, 0.6) is 0 Å². The largest absolute Gasteiger partial charge is 0.398 e. The molecule has 0 bridgehead atoms. The first-order valence-corrected chi connectivity index (χ1v) is 4.17. The van der Waals surface area contributed by atoms with E-state index in [1.165, 1.54) is 0 Å². The maximum atomic E-state index is 11.4. The standard InChI is InChI=1S/C10H13N2O/c1-2-7-12-10(13)8-5-3-4-6-9(8)11/h3-6H,1-2,7,11H2,(H,12,13). The van der Waals surface area contributed by atoms with E-state index < -0.39 is 0 Å². The lowest BCUT2D eigenvalue weighted by Gasteiger charge is -2.05. The van der Waals surface area contributed by atoms with Crippen LogP contribution in [-0.4, -0.2) is 12.5 Å². The molecule has 1 aromatic rings. The number of benzene rings is 1. The molecule has 0 spiro atoms. The van der Waals surface area contributed by atoms with Crippen molar-refractivity contribution in [1.29, 1.82) is 0 Å². The Hall–Kier alpha value is -1.51. The summed E-state index contributed by atoms with van der Waals surface area (Å²) in [5, 5.41) is 2.71. The molecule has 0 unspecified atom stereocenters. The summed E-state index contributed by atoms with van der Waals surface area (Å²) in [4.78, 5) is 11.4. The smallest absolute Gasteiger partial charge is 0.253 e. The molecule has 3 N–H and O–H groups in total. The Labute approximate surface area is 77.9 Å². The zero-order valence-electron chi connectivity index (χ0n) is 7.42. The van der Waals surface area contributed by atoms with Gasteiger partial charge in [-0.25, -0.2) is 0 Å². The molecule has 0 aliphatic heterocycles. The molecule has 0 aliphatic carbocycles. The van der Waals surface area contributed by atoms with Gasteiger partial charge in [0.25, 0.3) is 5.91 Å². The highest BCUT2D eigenvalue weighted by Crippen LogP contribution is 2.09. The van der Waals surface area contributed by atoms with E-state index in [9.17, 15) is 4.79 Å². The minimum atomic E-state index is -0.137. The summed E-state index contributed by atoms with van der Waals surface area (Å²) in [7, 11) is 0. The summed E-state index contributed by atoms with van der Waals surface area (Å²) in [6.07, 6.45) is 0.679. The van der Waals surface area contributed by atoms with E-state index in [1.807, 2.05) is 0 Å². The predicted molar refractivity (Wildman–Crippen MR) is 53.2 cm³/mol. The highest BCUT2D eigenvalue weighted by atomic mass is 16.1. The van der Waals surface area contributed by atoms with Gasteiger partial charge in [-0.15, -0.1) is 0 Å². The zero-order valence-corrected chi connectivity index (χ0v) is 7.42. The molecule has 3 nitrogen and oxygen atoms in total. The molecule has 13 heavy (non-hydrogen) atoms. The summed E-state index contributed by atoms with van der Waals surface area (Å²) in [6, 6.07) is 7.00. The molecule has 0 aromatic heterocycles. The van der Waals surface area contributed by atoms with Gasteiger partial charge < -0.3 is 11.1 Å². The van der Waals surface area contributed by atoms with Gasteiger partial charge in [-0.1, -0.05) is 19.1 Å². The second-order valence-corrected chi connectivity index (χ2v) is 2.70. The predicted octanol–water partition coefficient (Wildman–Crippen LogP) is 1.22. The van der Waals surface area contributed by atoms with E-state index in [0.29, 0.717) is 24.2 Å². The van der Waals surface area contributed by atoms with Crippen molar-refractivity contribution in [3.63, 3.8) is 0 Å². The molecule has 1 aromatic carbocycles. The zero-order chi connectivity index (χ0) is 9.68. The molecular formula is C10H13N2O. The van der Waals surface area contributed by atoms with Crippen LogP contribution in [0.15, 0.2) is 24.3 Å². The molecule has 3 heteroatoms. The molecule has 0 atom stereocenters. The van der Waals surface area contributed by atoms with Crippen molar-refractivity contribution in [2.75, 3.05) is 12.3 Å². The van der Waals surface area contributed by atoms with Gasteiger partial charge in [0.2, 0.25) is 0 Å². The molecule has 1 radical (unpaired) electrons. The Morgan fingerprint density at radius 2 is 2.15 bits per heavy atom. The van der Waals surface area contributed by atoms with Crippen LogP contribution >= 0.6 is 0 Å². The average molecular weight is 177 g/mol. The van der Waals surface area contributed by atoms with E-state index in [-0.39, 0.29) is 5.91 Å². The number of hydrogen-bond acceptors (Lipinski definition) is 2. The van der Waals surface area contributed by atoms with Crippen molar-refractivity contribution in [3.05, 3.63) is 36.8 Å². The Bertz CT molecular complexity index is 297.